The summed E-state index contributed by atoms with van der Waals surface area (Å²) in [4.78, 5) is 2.86. The minimum absolute atomic E-state index is 0.139. The largest absolute Gasteiger partial charge is 0.312 e. The molecule has 0 unspecified atom stereocenters. The fourth-order valence-electron chi connectivity index (χ4n) is 3.43. The summed E-state index contributed by atoms with van der Waals surface area (Å²) >= 11 is 0. The summed E-state index contributed by atoms with van der Waals surface area (Å²) < 4.78 is 24.7. The Morgan fingerprint density at radius 1 is 1.04 bits per heavy atom. The van der Waals surface area contributed by atoms with Crippen molar-refractivity contribution in [2.24, 2.45) is 0 Å². The van der Waals surface area contributed by atoms with Crippen molar-refractivity contribution in [2.45, 2.75) is 36.9 Å². The molecular weight excluding hydrogens is 332 g/mol. The summed E-state index contributed by atoms with van der Waals surface area (Å²) in [6, 6.07) is 20.0. The number of sulfone groups is 1. The van der Waals surface area contributed by atoms with Crippen LogP contribution in [0.15, 0.2) is 65.6 Å². The first kappa shape index (κ1) is 18.1. The van der Waals surface area contributed by atoms with E-state index in [2.05, 4.69) is 41.4 Å². The monoisotopic (exact) mass is 358 g/mol. The molecule has 1 aliphatic rings. The van der Waals surface area contributed by atoms with Crippen molar-refractivity contribution < 1.29 is 8.42 Å². The molecule has 1 saturated heterocycles. The van der Waals surface area contributed by atoms with E-state index in [0.29, 0.717) is 23.5 Å². The van der Waals surface area contributed by atoms with Gasteiger partial charge in [0, 0.05) is 31.7 Å². The average Bonchev–Trinajstić information content (AvgIpc) is 2.96. The predicted molar refractivity (Wildman–Crippen MR) is 101 cm³/mol. The lowest BCUT2D eigenvalue weighted by Gasteiger charge is -2.21. The lowest BCUT2D eigenvalue weighted by atomic mass is 10.2. The van der Waals surface area contributed by atoms with E-state index in [9.17, 15) is 8.42 Å². The van der Waals surface area contributed by atoms with Gasteiger partial charge in [-0.15, -0.1) is 0 Å². The standard InChI is InChI=1S/C20H26N2O2S/c1-17-14-19(16-22(17)15-18-8-4-2-5-9-18)21-12-13-25(23,24)20-10-6-3-7-11-20/h2-11,17,19,21H,12-16H2,1H3/t17-,19+/m0/s1. The molecule has 2 atom stereocenters. The van der Waals surface area contributed by atoms with Crippen molar-refractivity contribution in [1.82, 2.24) is 10.2 Å². The molecule has 2 aromatic rings. The molecule has 0 radical (unpaired) electrons. The molecular formula is C20H26N2O2S. The summed E-state index contributed by atoms with van der Waals surface area (Å²) in [6.07, 6.45) is 1.05. The number of nitrogens with one attached hydrogen (secondary N) is 1. The van der Waals surface area contributed by atoms with Crippen LogP contribution in [0.25, 0.3) is 0 Å². The van der Waals surface area contributed by atoms with Crippen LogP contribution in [0.1, 0.15) is 18.9 Å². The Balaban J connectivity index is 1.48. The van der Waals surface area contributed by atoms with Crippen LogP contribution in [0.3, 0.4) is 0 Å². The van der Waals surface area contributed by atoms with Crippen molar-refractivity contribution in [3.05, 3.63) is 66.2 Å². The van der Waals surface area contributed by atoms with Crippen molar-refractivity contribution in [3.8, 4) is 0 Å². The molecule has 0 saturated carbocycles. The molecule has 1 aliphatic heterocycles. The topological polar surface area (TPSA) is 49.4 Å². The Bertz CT molecular complexity index is 763. The molecule has 25 heavy (non-hydrogen) atoms. The number of likely N-dealkylation sites (tertiary alicyclic amines) is 1. The molecule has 0 aromatic heterocycles. The van der Waals surface area contributed by atoms with Gasteiger partial charge in [0.2, 0.25) is 0 Å². The maximum absolute atomic E-state index is 12.3. The van der Waals surface area contributed by atoms with Crippen LogP contribution in [0.5, 0.6) is 0 Å². The van der Waals surface area contributed by atoms with E-state index in [1.807, 2.05) is 12.1 Å². The van der Waals surface area contributed by atoms with Crippen molar-refractivity contribution in [1.29, 1.82) is 0 Å². The van der Waals surface area contributed by atoms with E-state index in [-0.39, 0.29) is 5.75 Å². The van der Waals surface area contributed by atoms with E-state index in [0.717, 1.165) is 19.5 Å². The first-order chi connectivity index (χ1) is 12.0. The number of benzene rings is 2. The van der Waals surface area contributed by atoms with Gasteiger partial charge in [-0.05, 0) is 31.0 Å². The molecule has 0 amide bonds. The molecule has 0 aliphatic carbocycles. The number of nitrogens with zero attached hydrogens (tertiary/aromatic N) is 1. The van der Waals surface area contributed by atoms with E-state index < -0.39 is 9.84 Å². The van der Waals surface area contributed by atoms with Crippen LogP contribution < -0.4 is 5.32 Å². The lowest BCUT2D eigenvalue weighted by molar-refractivity contribution is 0.257. The Morgan fingerprint density at radius 3 is 2.36 bits per heavy atom. The van der Waals surface area contributed by atoms with Gasteiger partial charge < -0.3 is 5.32 Å². The van der Waals surface area contributed by atoms with E-state index in [1.165, 1.54) is 5.56 Å². The summed E-state index contributed by atoms with van der Waals surface area (Å²) in [5.41, 5.74) is 1.32. The Hall–Kier alpha value is -1.69. The van der Waals surface area contributed by atoms with E-state index in [1.54, 1.807) is 24.3 Å². The third-order valence-electron chi connectivity index (χ3n) is 4.84. The molecule has 1 heterocycles. The molecule has 0 spiro atoms. The second-order valence-electron chi connectivity index (χ2n) is 6.78. The van der Waals surface area contributed by atoms with Gasteiger partial charge >= 0.3 is 0 Å². The molecule has 0 bridgehead atoms. The third-order valence-corrected chi connectivity index (χ3v) is 6.57. The normalized spacial score (nSPS) is 21.5. The first-order valence-electron chi connectivity index (χ1n) is 8.84. The molecule has 4 nitrogen and oxygen atoms in total. The smallest absolute Gasteiger partial charge is 0.179 e. The molecule has 134 valence electrons. The van der Waals surface area contributed by atoms with Crippen molar-refractivity contribution >= 4 is 9.84 Å². The van der Waals surface area contributed by atoms with Gasteiger partial charge in [-0.3, -0.25) is 4.90 Å². The summed E-state index contributed by atoms with van der Waals surface area (Å²) in [6.45, 7) is 4.64. The van der Waals surface area contributed by atoms with Crippen LogP contribution in [0.2, 0.25) is 0 Å². The molecule has 1 fully saturated rings. The van der Waals surface area contributed by atoms with Gasteiger partial charge in [0.25, 0.3) is 0 Å². The van der Waals surface area contributed by atoms with Crippen LogP contribution >= 0.6 is 0 Å². The zero-order valence-corrected chi connectivity index (χ0v) is 15.5. The van der Waals surface area contributed by atoms with Crippen molar-refractivity contribution in [3.63, 3.8) is 0 Å². The highest BCUT2D eigenvalue weighted by Crippen LogP contribution is 2.20. The zero-order chi connectivity index (χ0) is 17.7. The van der Waals surface area contributed by atoms with E-state index in [4.69, 9.17) is 0 Å². The summed E-state index contributed by atoms with van der Waals surface area (Å²) in [7, 11) is -3.20. The average molecular weight is 359 g/mol. The van der Waals surface area contributed by atoms with Crippen LogP contribution in [-0.2, 0) is 16.4 Å². The molecule has 3 rings (SSSR count). The van der Waals surface area contributed by atoms with Crippen LogP contribution in [0, 0.1) is 0 Å². The number of hydrogen-bond donors (Lipinski definition) is 1. The molecule has 2 aromatic carbocycles. The highest BCUT2D eigenvalue weighted by molar-refractivity contribution is 7.91. The highest BCUT2D eigenvalue weighted by atomic mass is 32.2. The number of rotatable bonds is 7. The third kappa shape index (κ3) is 4.91. The fourth-order valence-corrected chi connectivity index (χ4v) is 4.62. The van der Waals surface area contributed by atoms with Crippen LogP contribution in [0.4, 0.5) is 0 Å². The SMILES string of the molecule is C[C@H]1C[C@@H](NCCS(=O)(=O)c2ccccc2)CN1Cc1ccccc1. The number of hydrogen-bond acceptors (Lipinski definition) is 4. The Morgan fingerprint density at radius 2 is 1.68 bits per heavy atom. The second kappa shape index (κ2) is 8.13. The van der Waals surface area contributed by atoms with Gasteiger partial charge in [0.15, 0.2) is 9.84 Å². The van der Waals surface area contributed by atoms with Crippen LogP contribution in [-0.4, -0.2) is 44.2 Å². The predicted octanol–water partition coefficient (Wildman–Crippen LogP) is 2.71. The Labute approximate surface area is 150 Å². The summed E-state index contributed by atoms with van der Waals surface area (Å²) in [5.74, 6) is 0.139. The maximum Gasteiger partial charge on any atom is 0.179 e. The quantitative estimate of drug-likeness (QED) is 0.827. The van der Waals surface area contributed by atoms with Gasteiger partial charge in [-0.1, -0.05) is 48.5 Å². The fraction of sp³-hybridized carbons (Fsp3) is 0.400. The van der Waals surface area contributed by atoms with Gasteiger partial charge in [0.1, 0.15) is 0 Å². The zero-order valence-electron chi connectivity index (χ0n) is 14.6. The summed E-state index contributed by atoms with van der Waals surface area (Å²) in [5, 5.41) is 3.43. The Kier molecular flexibility index (Phi) is 5.89. The molecule has 1 N–H and O–H groups in total. The maximum atomic E-state index is 12.3. The van der Waals surface area contributed by atoms with Gasteiger partial charge in [0.05, 0.1) is 10.6 Å². The second-order valence-corrected chi connectivity index (χ2v) is 8.89. The van der Waals surface area contributed by atoms with Gasteiger partial charge in [-0.25, -0.2) is 8.42 Å². The highest BCUT2D eigenvalue weighted by Gasteiger charge is 2.28. The van der Waals surface area contributed by atoms with Crippen molar-refractivity contribution in [2.75, 3.05) is 18.8 Å². The molecule has 5 heteroatoms. The first-order valence-corrected chi connectivity index (χ1v) is 10.5. The van der Waals surface area contributed by atoms with E-state index >= 15 is 0 Å². The minimum Gasteiger partial charge on any atom is -0.312 e. The van der Waals surface area contributed by atoms with Gasteiger partial charge in [-0.2, -0.15) is 0 Å². The minimum atomic E-state index is -3.20. The lowest BCUT2D eigenvalue weighted by Crippen LogP contribution is -2.35.